The Morgan fingerprint density at radius 1 is 1.16 bits per heavy atom. The minimum absolute atomic E-state index is 0.0639. The lowest BCUT2D eigenvalue weighted by Gasteiger charge is -2.33. The van der Waals surface area contributed by atoms with Crippen LogP contribution in [0.3, 0.4) is 0 Å². The summed E-state index contributed by atoms with van der Waals surface area (Å²) in [5, 5.41) is 9.19. The van der Waals surface area contributed by atoms with Crippen LogP contribution >= 0.6 is 0 Å². The molecule has 3 rings (SSSR count). The van der Waals surface area contributed by atoms with E-state index in [0.717, 1.165) is 4.57 Å². The van der Waals surface area contributed by atoms with Gasteiger partial charge in [0.05, 0.1) is 12.0 Å². The minimum atomic E-state index is -0.999. The van der Waals surface area contributed by atoms with Crippen LogP contribution in [0, 0.1) is 17.3 Å². The van der Waals surface area contributed by atoms with Crippen LogP contribution in [0.2, 0.25) is 0 Å². The van der Waals surface area contributed by atoms with Gasteiger partial charge in [-0.3, -0.25) is 19.1 Å². The molecule has 0 unspecified atom stereocenters. The number of ether oxygens (including phenoxy) is 1. The van der Waals surface area contributed by atoms with E-state index in [1.807, 2.05) is 4.90 Å². The number of anilines is 1. The smallest absolute Gasteiger partial charge is 0.407 e. The molecule has 0 aromatic carbocycles. The van der Waals surface area contributed by atoms with Crippen LogP contribution in [0.1, 0.15) is 27.7 Å². The van der Waals surface area contributed by atoms with Crippen molar-refractivity contribution in [2.45, 2.75) is 41.0 Å². The van der Waals surface area contributed by atoms with Gasteiger partial charge in [0.25, 0.3) is 5.56 Å². The number of hydrogen-bond donors (Lipinski definition) is 2. The monoisotopic (exact) mass is 446 g/mol. The number of fused-ring (bicyclic) bond motifs is 1. The Morgan fingerprint density at radius 2 is 1.81 bits per heavy atom. The maximum atomic E-state index is 12.7. The van der Waals surface area contributed by atoms with Crippen LogP contribution in [0.5, 0.6) is 0 Å². The van der Waals surface area contributed by atoms with Gasteiger partial charge >= 0.3 is 17.8 Å². The molecule has 172 valence electrons. The molecule has 12 nitrogen and oxygen atoms in total. The molecule has 1 fully saturated rings. The van der Waals surface area contributed by atoms with Crippen LogP contribution in [-0.4, -0.2) is 67.4 Å². The van der Waals surface area contributed by atoms with Crippen molar-refractivity contribution in [2.75, 3.05) is 31.1 Å². The average Bonchev–Trinajstić information content (AvgIpc) is 3.10. The molecule has 0 radical (unpaired) electrons. The summed E-state index contributed by atoms with van der Waals surface area (Å²) in [5.41, 5.74) is -1.97. The molecular weight excluding hydrogens is 420 g/mol. The van der Waals surface area contributed by atoms with E-state index in [9.17, 15) is 24.3 Å². The van der Waals surface area contributed by atoms with Crippen molar-refractivity contribution in [3.63, 3.8) is 0 Å². The van der Waals surface area contributed by atoms with Crippen molar-refractivity contribution in [1.82, 2.24) is 24.0 Å². The van der Waals surface area contributed by atoms with E-state index in [2.05, 4.69) is 21.8 Å². The van der Waals surface area contributed by atoms with E-state index in [4.69, 9.17) is 4.74 Å². The van der Waals surface area contributed by atoms with Crippen LogP contribution in [0.15, 0.2) is 9.59 Å². The number of hydrogen-bond acceptors (Lipinski definition) is 7. The third kappa shape index (κ3) is 4.46. The van der Waals surface area contributed by atoms with Crippen molar-refractivity contribution in [1.29, 1.82) is 0 Å². The van der Waals surface area contributed by atoms with Crippen molar-refractivity contribution < 1.29 is 19.4 Å². The molecule has 0 bridgehead atoms. The Hall–Kier alpha value is -3.75. The Labute approximate surface area is 183 Å². The zero-order valence-corrected chi connectivity index (χ0v) is 18.5. The first-order valence-corrected chi connectivity index (χ1v) is 10.1. The molecule has 0 atom stereocenters. The second kappa shape index (κ2) is 8.78. The highest BCUT2D eigenvalue weighted by Gasteiger charge is 2.28. The van der Waals surface area contributed by atoms with Crippen molar-refractivity contribution in [2.24, 2.45) is 5.41 Å². The largest absolute Gasteiger partial charge is 0.465 e. The Kier molecular flexibility index (Phi) is 6.29. The Bertz CT molecular complexity index is 1210. The number of carbonyl (C=O) groups is 2. The number of imidazole rings is 1. The second-order valence-electron chi connectivity index (χ2n) is 8.35. The zero-order valence-electron chi connectivity index (χ0n) is 18.5. The summed E-state index contributed by atoms with van der Waals surface area (Å²) in [5.74, 6) is 5.55. The Balaban J connectivity index is 2.08. The first-order valence-electron chi connectivity index (χ1n) is 10.1. The number of aromatic amines is 1. The fourth-order valence-corrected chi connectivity index (χ4v) is 3.27. The summed E-state index contributed by atoms with van der Waals surface area (Å²) in [6.45, 7) is 7.71. The van der Waals surface area contributed by atoms with Gasteiger partial charge in [-0.05, 0) is 27.7 Å². The van der Waals surface area contributed by atoms with Crippen LogP contribution in [0.4, 0.5) is 10.7 Å². The number of H-pyrrole nitrogens is 1. The van der Waals surface area contributed by atoms with Crippen LogP contribution in [0.25, 0.3) is 11.2 Å². The summed E-state index contributed by atoms with van der Waals surface area (Å²) < 4.78 is 7.95. The van der Waals surface area contributed by atoms with E-state index >= 15 is 0 Å². The van der Waals surface area contributed by atoms with Gasteiger partial charge in [-0.1, -0.05) is 5.92 Å². The molecule has 2 N–H and O–H groups in total. The lowest BCUT2D eigenvalue weighted by atomic mass is 9.98. The summed E-state index contributed by atoms with van der Waals surface area (Å²) in [4.78, 5) is 58.5. The van der Waals surface area contributed by atoms with Crippen molar-refractivity contribution in [3.8, 4) is 11.8 Å². The highest BCUT2D eigenvalue weighted by atomic mass is 16.5. The zero-order chi connectivity index (χ0) is 23.6. The number of nitrogens with one attached hydrogen (secondary N) is 1. The third-order valence-electron chi connectivity index (χ3n) is 5.05. The standard InChI is InChI=1S/C20H26N6O6/c1-5-6-7-25-13-14(21-17(25)23-8-10-24(11-9-23)19(30)31)26(18(29)22-15(13)27)12-32-16(28)20(2,3)4/h7-12H2,1-4H3,(H,30,31)(H,22,27,29). The minimum Gasteiger partial charge on any atom is -0.465 e. The molecule has 0 aliphatic carbocycles. The molecule has 0 saturated carbocycles. The third-order valence-corrected chi connectivity index (χ3v) is 5.05. The SMILES string of the molecule is CC#CCn1c(N2CCN(C(=O)O)CC2)nc2c1c(=O)[nH]c(=O)n2COC(=O)C(C)(C)C. The number of amides is 1. The molecule has 1 aliphatic rings. The highest BCUT2D eigenvalue weighted by molar-refractivity contribution is 5.76. The predicted octanol–water partition coefficient (Wildman–Crippen LogP) is 0.256. The van der Waals surface area contributed by atoms with E-state index in [1.165, 1.54) is 4.90 Å². The fourth-order valence-electron chi connectivity index (χ4n) is 3.27. The van der Waals surface area contributed by atoms with Gasteiger partial charge in [0.15, 0.2) is 17.9 Å². The molecular formula is C20H26N6O6. The number of esters is 1. The summed E-state index contributed by atoms with van der Waals surface area (Å²) in [6, 6.07) is 0. The van der Waals surface area contributed by atoms with Gasteiger partial charge in [-0.25, -0.2) is 14.2 Å². The van der Waals surface area contributed by atoms with Crippen molar-refractivity contribution >= 4 is 29.2 Å². The molecule has 0 spiro atoms. The van der Waals surface area contributed by atoms with Gasteiger partial charge in [-0.15, -0.1) is 5.92 Å². The van der Waals surface area contributed by atoms with Gasteiger partial charge < -0.3 is 19.6 Å². The number of piperazine rings is 1. The maximum Gasteiger partial charge on any atom is 0.407 e. The van der Waals surface area contributed by atoms with Gasteiger partial charge in [0.1, 0.15) is 0 Å². The molecule has 2 aromatic rings. The number of carboxylic acid groups (broad SMARTS) is 1. The lowest BCUT2D eigenvalue weighted by Crippen LogP contribution is -2.49. The first-order chi connectivity index (χ1) is 15.0. The molecule has 2 aromatic heterocycles. The first kappa shape index (κ1) is 22.9. The molecule has 12 heteroatoms. The van der Waals surface area contributed by atoms with Gasteiger partial charge in [0, 0.05) is 26.2 Å². The van der Waals surface area contributed by atoms with E-state index in [-0.39, 0.29) is 30.8 Å². The highest BCUT2D eigenvalue weighted by Crippen LogP contribution is 2.22. The average molecular weight is 446 g/mol. The quantitative estimate of drug-likeness (QED) is 0.503. The second-order valence-corrected chi connectivity index (χ2v) is 8.35. The summed E-state index contributed by atoms with van der Waals surface area (Å²) in [7, 11) is 0. The van der Waals surface area contributed by atoms with Crippen LogP contribution < -0.4 is 16.1 Å². The Morgan fingerprint density at radius 3 is 2.38 bits per heavy atom. The maximum absolute atomic E-state index is 12.7. The van der Waals surface area contributed by atoms with E-state index in [1.54, 1.807) is 32.3 Å². The van der Waals surface area contributed by atoms with Gasteiger partial charge in [0.2, 0.25) is 5.95 Å². The number of rotatable bonds is 4. The molecule has 1 amide bonds. The van der Waals surface area contributed by atoms with E-state index in [0.29, 0.717) is 19.0 Å². The normalized spacial score (nSPS) is 14.2. The lowest BCUT2D eigenvalue weighted by molar-refractivity contribution is -0.156. The fraction of sp³-hybridized carbons (Fsp3) is 0.550. The molecule has 32 heavy (non-hydrogen) atoms. The topological polar surface area (TPSA) is 143 Å². The summed E-state index contributed by atoms with van der Waals surface area (Å²) in [6.07, 6.45) is -0.999. The van der Waals surface area contributed by atoms with Gasteiger partial charge in [-0.2, -0.15) is 4.98 Å². The van der Waals surface area contributed by atoms with Crippen LogP contribution in [-0.2, 0) is 22.8 Å². The number of carbonyl (C=O) groups excluding carboxylic acids is 1. The van der Waals surface area contributed by atoms with E-state index < -0.39 is 35.5 Å². The molecule has 3 heterocycles. The number of nitrogens with zero attached hydrogens (tertiary/aromatic N) is 5. The van der Waals surface area contributed by atoms with Crippen molar-refractivity contribution in [3.05, 3.63) is 20.8 Å². The predicted molar refractivity (Wildman–Crippen MR) is 115 cm³/mol. The molecule has 1 aliphatic heterocycles. The number of aromatic nitrogens is 4. The summed E-state index contributed by atoms with van der Waals surface area (Å²) >= 11 is 0. The molecule has 1 saturated heterocycles.